The van der Waals surface area contributed by atoms with Gasteiger partial charge >= 0.3 is 0 Å². The minimum atomic E-state index is -3.39. The normalized spacial score (nSPS) is 12.4. The van der Waals surface area contributed by atoms with Gasteiger partial charge in [-0.1, -0.05) is 20.8 Å². The Labute approximate surface area is 128 Å². The molecule has 120 valence electrons. The quantitative estimate of drug-likeness (QED) is 0.652. The first-order valence-electron chi connectivity index (χ1n) is 7.34. The maximum Gasteiger partial charge on any atom is 0.240 e. The van der Waals surface area contributed by atoms with Crippen LogP contribution in [0.2, 0.25) is 0 Å². The fraction of sp³-hybridized carbons (Fsp3) is 0.600. The molecule has 0 unspecified atom stereocenters. The van der Waals surface area contributed by atoms with Crippen molar-refractivity contribution in [2.75, 3.05) is 25.0 Å². The molecule has 0 aliphatic heterocycles. The van der Waals surface area contributed by atoms with E-state index in [2.05, 4.69) is 23.9 Å². The topological polar surface area (TPSA) is 84.2 Å². The standard InChI is InChI=1S/C15H27N3O2S/c1-4-11-18-21(19,20)14-7-5-13(6-8-14)17-12-15(2,3)9-10-16/h5-8,17-18H,4,9-12,16H2,1-3H3. The number of nitrogens with two attached hydrogens (primary N) is 1. The van der Waals surface area contributed by atoms with E-state index >= 15 is 0 Å². The highest BCUT2D eigenvalue weighted by Gasteiger charge is 2.17. The van der Waals surface area contributed by atoms with E-state index in [0.717, 1.165) is 25.1 Å². The predicted octanol–water partition coefficient (Wildman–Crippen LogP) is 2.16. The Morgan fingerprint density at radius 3 is 2.33 bits per heavy atom. The molecule has 1 aromatic rings. The fourth-order valence-electron chi connectivity index (χ4n) is 1.89. The molecule has 1 aromatic carbocycles. The maximum atomic E-state index is 12.0. The summed E-state index contributed by atoms with van der Waals surface area (Å²) in [4.78, 5) is 0.294. The number of anilines is 1. The van der Waals surface area contributed by atoms with E-state index in [9.17, 15) is 8.42 Å². The Hall–Kier alpha value is -1.11. The molecule has 0 heterocycles. The van der Waals surface area contributed by atoms with Crippen molar-refractivity contribution in [1.82, 2.24) is 4.72 Å². The second kappa shape index (κ2) is 7.77. The van der Waals surface area contributed by atoms with Crippen LogP contribution in [0.1, 0.15) is 33.6 Å². The van der Waals surface area contributed by atoms with Gasteiger partial charge in [0.1, 0.15) is 0 Å². The monoisotopic (exact) mass is 313 g/mol. The maximum absolute atomic E-state index is 12.0. The number of nitrogens with one attached hydrogen (secondary N) is 2. The molecule has 0 spiro atoms. The van der Waals surface area contributed by atoms with Crippen molar-refractivity contribution < 1.29 is 8.42 Å². The number of hydrogen-bond acceptors (Lipinski definition) is 4. The number of sulfonamides is 1. The lowest BCUT2D eigenvalue weighted by molar-refractivity contribution is 0.365. The average molecular weight is 313 g/mol. The SMILES string of the molecule is CCCNS(=O)(=O)c1ccc(NCC(C)(C)CCN)cc1. The molecule has 5 nitrogen and oxygen atoms in total. The van der Waals surface area contributed by atoms with Crippen LogP contribution in [-0.2, 0) is 10.0 Å². The molecule has 0 bridgehead atoms. The van der Waals surface area contributed by atoms with Gasteiger partial charge in [0.2, 0.25) is 10.0 Å². The highest BCUT2D eigenvalue weighted by atomic mass is 32.2. The van der Waals surface area contributed by atoms with Crippen molar-refractivity contribution in [1.29, 1.82) is 0 Å². The summed E-state index contributed by atoms with van der Waals surface area (Å²) in [7, 11) is -3.39. The molecule has 0 aliphatic rings. The van der Waals surface area contributed by atoms with E-state index in [0.29, 0.717) is 18.0 Å². The first-order valence-corrected chi connectivity index (χ1v) is 8.83. The van der Waals surface area contributed by atoms with Gasteiger partial charge in [0, 0.05) is 18.8 Å². The van der Waals surface area contributed by atoms with Gasteiger partial charge in [-0.25, -0.2) is 13.1 Å². The third-order valence-electron chi connectivity index (χ3n) is 3.30. The van der Waals surface area contributed by atoms with E-state index in [1.807, 2.05) is 6.92 Å². The summed E-state index contributed by atoms with van der Waals surface area (Å²) in [5.74, 6) is 0. The molecule has 0 aromatic heterocycles. The van der Waals surface area contributed by atoms with E-state index < -0.39 is 10.0 Å². The van der Waals surface area contributed by atoms with Crippen molar-refractivity contribution in [3.8, 4) is 0 Å². The zero-order valence-corrected chi connectivity index (χ0v) is 14.0. The molecule has 4 N–H and O–H groups in total. The Morgan fingerprint density at radius 1 is 1.19 bits per heavy atom. The number of benzene rings is 1. The van der Waals surface area contributed by atoms with Crippen molar-refractivity contribution in [2.45, 2.75) is 38.5 Å². The molecule has 0 saturated carbocycles. The minimum absolute atomic E-state index is 0.113. The van der Waals surface area contributed by atoms with Crippen LogP contribution in [0.5, 0.6) is 0 Å². The molecular formula is C15H27N3O2S. The molecule has 0 amide bonds. The van der Waals surface area contributed by atoms with Crippen molar-refractivity contribution in [2.24, 2.45) is 11.1 Å². The van der Waals surface area contributed by atoms with E-state index in [4.69, 9.17) is 5.73 Å². The molecule has 21 heavy (non-hydrogen) atoms. The van der Waals surface area contributed by atoms with Crippen LogP contribution in [0.3, 0.4) is 0 Å². The second-order valence-corrected chi connectivity index (χ2v) is 7.75. The average Bonchev–Trinajstić information content (AvgIpc) is 2.43. The van der Waals surface area contributed by atoms with Gasteiger partial charge in [0.25, 0.3) is 0 Å². The third-order valence-corrected chi connectivity index (χ3v) is 4.78. The highest BCUT2D eigenvalue weighted by Crippen LogP contribution is 2.21. The zero-order chi connectivity index (χ0) is 15.9. The summed E-state index contributed by atoms with van der Waals surface area (Å²) in [6.45, 7) is 8.15. The highest BCUT2D eigenvalue weighted by molar-refractivity contribution is 7.89. The Kier molecular flexibility index (Phi) is 6.64. The lowest BCUT2D eigenvalue weighted by Crippen LogP contribution is -2.26. The van der Waals surface area contributed by atoms with Crippen LogP contribution in [0.15, 0.2) is 29.2 Å². The fourth-order valence-corrected chi connectivity index (χ4v) is 3.03. The number of rotatable bonds is 9. The molecule has 0 saturated heterocycles. The Bertz CT molecular complexity index is 524. The Balaban J connectivity index is 2.66. The summed E-state index contributed by atoms with van der Waals surface area (Å²) in [6.07, 6.45) is 1.71. The molecule has 0 fully saturated rings. The van der Waals surface area contributed by atoms with E-state index in [1.165, 1.54) is 0 Å². The zero-order valence-electron chi connectivity index (χ0n) is 13.1. The van der Waals surface area contributed by atoms with Crippen LogP contribution in [-0.4, -0.2) is 28.1 Å². The van der Waals surface area contributed by atoms with Crippen molar-refractivity contribution in [3.05, 3.63) is 24.3 Å². The summed E-state index contributed by atoms with van der Waals surface area (Å²) in [5, 5.41) is 3.32. The van der Waals surface area contributed by atoms with Crippen LogP contribution in [0.4, 0.5) is 5.69 Å². The number of hydrogen-bond donors (Lipinski definition) is 3. The first kappa shape index (κ1) is 17.9. The summed E-state index contributed by atoms with van der Waals surface area (Å²) in [5.41, 5.74) is 6.61. The molecular weight excluding hydrogens is 286 g/mol. The molecule has 0 radical (unpaired) electrons. The van der Waals surface area contributed by atoms with Crippen molar-refractivity contribution in [3.63, 3.8) is 0 Å². The van der Waals surface area contributed by atoms with Gasteiger partial charge in [-0.3, -0.25) is 0 Å². The van der Waals surface area contributed by atoms with E-state index in [1.54, 1.807) is 24.3 Å². The molecule has 6 heteroatoms. The van der Waals surface area contributed by atoms with Crippen LogP contribution >= 0.6 is 0 Å². The summed E-state index contributed by atoms with van der Waals surface area (Å²) >= 11 is 0. The van der Waals surface area contributed by atoms with Gasteiger partial charge in [-0.15, -0.1) is 0 Å². The van der Waals surface area contributed by atoms with Gasteiger partial charge in [-0.05, 0) is 49.1 Å². The summed E-state index contributed by atoms with van der Waals surface area (Å²) < 4.78 is 26.5. The van der Waals surface area contributed by atoms with Gasteiger partial charge < -0.3 is 11.1 Å². The molecule has 0 aliphatic carbocycles. The first-order chi connectivity index (χ1) is 9.80. The van der Waals surface area contributed by atoms with Crippen LogP contribution < -0.4 is 15.8 Å². The van der Waals surface area contributed by atoms with E-state index in [-0.39, 0.29) is 5.41 Å². The third kappa shape index (κ3) is 6.03. The van der Waals surface area contributed by atoms with Crippen LogP contribution in [0.25, 0.3) is 0 Å². The summed E-state index contributed by atoms with van der Waals surface area (Å²) in [6, 6.07) is 6.82. The van der Waals surface area contributed by atoms with Crippen LogP contribution in [0, 0.1) is 5.41 Å². The van der Waals surface area contributed by atoms with Crippen molar-refractivity contribution >= 4 is 15.7 Å². The predicted molar refractivity (Wildman–Crippen MR) is 87.9 cm³/mol. The second-order valence-electron chi connectivity index (χ2n) is 5.98. The lowest BCUT2D eigenvalue weighted by Gasteiger charge is -2.24. The van der Waals surface area contributed by atoms with Gasteiger partial charge in [0.05, 0.1) is 4.90 Å². The largest absolute Gasteiger partial charge is 0.385 e. The smallest absolute Gasteiger partial charge is 0.240 e. The Morgan fingerprint density at radius 2 is 1.81 bits per heavy atom. The van der Waals surface area contributed by atoms with Gasteiger partial charge in [0.15, 0.2) is 0 Å². The molecule has 0 atom stereocenters. The van der Waals surface area contributed by atoms with Gasteiger partial charge in [-0.2, -0.15) is 0 Å². The molecule has 1 rings (SSSR count). The minimum Gasteiger partial charge on any atom is -0.385 e. The lowest BCUT2D eigenvalue weighted by atomic mass is 9.89.